The van der Waals surface area contributed by atoms with Gasteiger partial charge in [0.25, 0.3) is 5.91 Å². The molecule has 5 nitrogen and oxygen atoms in total. The van der Waals surface area contributed by atoms with Crippen LogP contribution < -0.4 is 5.32 Å². The fraction of sp³-hybridized carbons (Fsp3) is 0.0526. The number of benzene rings is 2. The summed E-state index contributed by atoms with van der Waals surface area (Å²) in [4.78, 5) is 26.7. The molecule has 0 spiro atoms. The molecule has 25 heavy (non-hydrogen) atoms. The van der Waals surface area contributed by atoms with Gasteiger partial charge in [0.15, 0.2) is 6.61 Å². The number of aromatic nitrogens is 1. The smallest absolute Gasteiger partial charge is 0.355 e. The van der Waals surface area contributed by atoms with Crippen LogP contribution in [0.4, 0.5) is 5.69 Å². The van der Waals surface area contributed by atoms with Gasteiger partial charge >= 0.3 is 5.97 Å². The van der Waals surface area contributed by atoms with Crippen molar-refractivity contribution in [3.8, 4) is 11.1 Å². The first-order valence-corrected chi connectivity index (χ1v) is 8.38. The molecule has 0 aliphatic rings. The normalized spacial score (nSPS) is 10.3. The molecule has 2 N–H and O–H groups in total. The van der Waals surface area contributed by atoms with E-state index in [-0.39, 0.29) is 12.3 Å². The number of ether oxygens (including phenoxy) is 1. The van der Waals surface area contributed by atoms with Crippen molar-refractivity contribution >= 4 is 33.5 Å². The minimum atomic E-state index is -0.586. The van der Waals surface area contributed by atoms with Crippen LogP contribution in [0.2, 0.25) is 0 Å². The molecule has 0 atom stereocenters. The molecule has 3 aromatic rings. The van der Waals surface area contributed by atoms with Crippen LogP contribution in [0.1, 0.15) is 10.5 Å². The van der Waals surface area contributed by atoms with E-state index in [0.717, 1.165) is 15.6 Å². The van der Waals surface area contributed by atoms with E-state index in [1.807, 2.05) is 54.6 Å². The molecule has 1 aromatic heterocycles. The van der Waals surface area contributed by atoms with Gasteiger partial charge in [-0.05, 0) is 33.6 Å². The average Bonchev–Trinajstić information content (AvgIpc) is 3.07. The Labute approximate surface area is 153 Å². The Bertz CT molecular complexity index is 890. The number of rotatable bonds is 5. The summed E-state index contributed by atoms with van der Waals surface area (Å²) in [7, 11) is 0. The highest BCUT2D eigenvalue weighted by molar-refractivity contribution is 9.10. The van der Waals surface area contributed by atoms with Gasteiger partial charge in [0.05, 0.1) is 0 Å². The summed E-state index contributed by atoms with van der Waals surface area (Å²) in [6.07, 6.45) is 1.62. The van der Waals surface area contributed by atoms with E-state index in [4.69, 9.17) is 4.74 Å². The fourth-order valence-corrected chi connectivity index (χ4v) is 2.69. The standard InChI is InChI=1S/C19H15BrN2O3/c20-14-10-17(21-11-14)19(24)25-12-18(23)22-16-9-5-4-8-15(16)13-6-2-1-3-7-13/h1-11,21H,12H2,(H,22,23). The highest BCUT2D eigenvalue weighted by atomic mass is 79.9. The molecule has 1 heterocycles. The Balaban J connectivity index is 1.65. The zero-order chi connectivity index (χ0) is 17.6. The molecule has 0 bridgehead atoms. The number of hydrogen-bond acceptors (Lipinski definition) is 3. The lowest BCUT2D eigenvalue weighted by molar-refractivity contribution is -0.119. The summed E-state index contributed by atoms with van der Waals surface area (Å²) < 4.78 is 5.75. The molecule has 0 radical (unpaired) electrons. The number of halogens is 1. The average molecular weight is 399 g/mol. The zero-order valence-electron chi connectivity index (χ0n) is 13.2. The monoisotopic (exact) mass is 398 g/mol. The van der Waals surface area contributed by atoms with E-state index in [1.54, 1.807) is 12.3 Å². The molecule has 0 unspecified atom stereocenters. The Morgan fingerprint density at radius 3 is 2.48 bits per heavy atom. The van der Waals surface area contributed by atoms with Crippen molar-refractivity contribution in [2.75, 3.05) is 11.9 Å². The van der Waals surface area contributed by atoms with Gasteiger partial charge in [-0.3, -0.25) is 4.79 Å². The number of anilines is 1. The summed E-state index contributed by atoms with van der Waals surface area (Å²) in [5, 5.41) is 2.79. The van der Waals surface area contributed by atoms with Crippen molar-refractivity contribution in [2.24, 2.45) is 0 Å². The lowest BCUT2D eigenvalue weighted by Gasteiger charge is -2.11. The second kappa shape index (κ2) is 7.81. The number of amides is 1. The van der Waals surface area contributed by atoms with E-state index in [1.165, 1.54) is 0 Å². The summed E-state index contributed by atoms with van der Waals surface area (Å²) in [6.45, 7) is -0.363. The first-order chi connectivity index (χ1) is 12.1. The predicted molar refractivity (Wildman–Crippen MR) is 99.3 cm³/mol. The number of hydrogen-bond donors (Lipinski definition) is 2. The molecule has 0 fully saturated rings. The summed E-state index contributed by atoms with van der Waals surface area (Å²) >= 11 is 3.24. The van der Waals surface area contributed by atoms with E-state index in [2.05, 4.69) is 26.2 Å². The van der Waals surface area contributed by atoms with Crippen molar-refractivity contribution in [3.05, 3.63) is 77.0 Å². The van der Waals surface area contributed by atoms with Crippen LogP contribution >= 0.6 is 15.9 Å². The molecule has 0 aliphatic carbocycles. The third kappa shape index (κ3) is 4.36. The largest absolute Gasteiger partial charge is 0.451 e. The third-order valence-corrected chi connectivity index (χ3v) is 3.95. The van der Waals surface area contributed by atoms with Gasteiger partial charge in [-0.2, -0.15) is 0 Å². The van der Waals surface area contributed by atoms with Crippen LogP contribution in [0, 0.1) is 0 Å². The maximum atomic E-state index is 12.1. The molecule has 0 aliphatic heterocycles. The van der Waals surface area contributed by atoms with Crippen LogP contribution in [0.15, 0.2) is 71.3 Å². The number of carbonyl (C=O) groups is 2. The minimum absolute atomic E-state index is 0.282. The van der Waals surface area contributed by atoms with Crippen LogP contribution in [0.3, 0.4) is 0 Å². The van der Waals surface area contributed by atoms with Gasteiger partial charge in [0, 0.05) is 21.9 Å². The first-order valence-electron chi connectivity index (χ1n) is 7.59. The van der Waals surface area contributed by atoms with Gasteiger partial charge in [0.1, 0.15) is 5.69 Å². The Hall–Kier alpha value is -2.86. The molecular formula is C19H15BrN2O3. The van der Waals surface area contributed by atoms with E-state index in [9.17, 15) is 9.59 Å². The van der Waals surface area contributed by atoms with E-state index in [0.29, 0.717) is 5.69 Å². The van der Waals surface area contributed by atoms with Crippen LogP contribution in [0.25, 0.3) is 11.1 Å². The lowest BCUT2D eigenvalue weighted by Crippen LogP contribution is -2.21. The van der Waals surface area contributed by atoms with Gasteiger partial charge in [-0.15, -0.1) is 0 Å². The highest BCUT2D eigenvalue weighted by Crippen LogP contribution is 2.27. The van der Waals surface area contributed by atoms with Crippen molar-refractivity contribution < 1.29 is 14.3 Å². The molecule has 0 saturated heterocycles. The van der Waals surface area contributed by atoms with Gasteiger partial charge in [-0.25, -0.2) is 4.79 Å². The number of esters is 1. The van der Waals surface area contributed by atoms with Crippen LogP contribution in [-0.4, -0.2) is 23.5 Å². The van der Waals surface area contributed by atoms with Gasteiger partial charge < -0.3 is 15.0 Å². The van der Waals surface area contributed by atoms with E-state index < -0.39 is 11.9 Å². The second-order valence-electron chi connectivity index (χ2n) is 5.27. The molecule has 2 aromatic carbocycles. The zero-order valence-corrected chi connectivity index (χ0v) is 14.7. The van der Waals surface area contributed by atoms with E-state index >= 15 is 0 Å². The Kier molecular flexibility index (Phi) is 5.30. The quantitative estimate of drug-likeness (QED) is 0.631. The van der Waals surface area contributed by atoms with Crippen molar-refractivity contribution in [1.82, 2.24) is 4.98 Å². The SMILES string of the molecule is O=C(COC(=O)c1cc(Br)c[nH]1)Nc1ccccc1-c1ccccc1. The van der Waals surface area contributed by atoms with Crippen LogP contribution in [-0.2, 0) is 9.53 Å². The lowest BCUT2D eigenvalue weighted by atomic mass is 10.0. The molecule has 6 heteroatoms. The van der Waals surface area contributed by atoms with Crippen LogP contribution in [0.5, 0.6) is 0 Å². The van der Waals surface area contributed by atoms with Crippen molar-refractivity contribution in [2.45, 2.75) is 0 Å². The summed E-state index contributed by atoms with van der Waals surface area (Å²) in [5.41, 5.74) is 2.84. The molecule has 0 saturated carbocycles. The minimum Gasteiger partial charge on any atom is -0.451 e. The predicted octanol–water partition coefficient (Wildman–Crippen LogP) is 4.24. The number of H-pyrrole nitrogens is 1. The van der Waals surface area contributed by atoms with Gasteiger partial charge in [-0.1, -0.05) is 48.5 Å². The van der Waals surface area contributed by atoms with Crippen molar-refractivity contribution in [1.29, 1.82) is 0 Å². The maximum absolute atomic E-state index is 12.1. The van der Waals surface area contributed by atoms with Crippen molar-refractivity contribution in [3.63, 3.8) is 0 Å². The summed E-state index contributed by atoms with van der Waals surface area (Å²) in [6, 6.07) is 18.8. The molecule has 3 rings (SSSR count). The number of carbonyl (C=O) groups excluding carboxylic acids is 2. The molecule has 1 amide bonds. The first kappa shape index (κ1) is 17.0. The molecular weight excluding hydrogens is 384 g/mol. The Morgan fingerprint density at radius 2 is 1.76 bits per heavy atom. The third-order valence-electron chi connectivity index (χ3n) is 3.49. The number of nitrogens with one attached hydrogen (secondary N) is 2. The summed E-state index contributed by atoms with van der Waals surface area (Å²) in [5.74, 6) is -0.987. The fourth-order valence-electron chi connectivity index (χ4n) is 2.34. The van der Waals surface area contributed by atoms with Gasteiger partial charge in [0.2, 0.25) is 0 Å². The second-order valence-corrected chi connectivity index (χ2v) is 6.18. The highest BCUT2D eigenvalue weighted by Gasteiger charge is 2.13. The number of aromatic amines is 1. The Morgan fingerprint density at radius 1 is 1.04 bits per heavy atom. The topological polar surface area (TPSA) is 71.2 Å². The molecule has 126 valence electrons. The number of para-hydroxylation sites is 1. The maximum Gasteiger partial charge on any atom is 0.355 e.